The molecule has 0 bridgehead atoms. The lowest BCUT2D eigenvalue weighted by atomic mass is 10.1. The molecule has 1 heterocycles. The summed E-state index contributed by atoms with van der Waals surface area (Å²) < 4.78 is 24.7. The summed E-state index contributed by atoms with van der Waals surface area (Å²) in [5.74, 6) is -0.228. The third kappa shape index (κ3) is 1.99. The molecule has 0 aliphatic carbocycles. The van der Waals surface area contributed by atoms with Gasteiger partial charge in [0.2, 0.25) is 0 Å². The highest BCUT2D eigenvalue weighted by Gasteiger charge is 2.15. The van der Waals surface area contributed by atoms with E-state index in [1.165, 1.54) is 0 Å². The maximum Gasteiger partial charge on any atom is 0.267 e. The molecule has 0 atom stereocenters. The first-order chi connectivity index (χ1) is 6.60. The van der Waals surface area contributed by atoms with Crippen LogP contribution in [0.25, 0.3) is 0 Å². The number of pyridine rings is 1. The van der Waals surface area contributed by atoms with Crippen LogP contribution in [-0.4, -0.2) is 4.98 Å². The molecule has 0 spiro atoms. The van der Waals surface area contributed by atoms with E-state index >= 15 is 0 Å². The third-order valence-corrected chi connectivity index (χ3v) is 2.18. The van der Waals surface area contributed by atoms with Crippen LogP contribution in [0.1, 0.15) is 23.2 Å². The van der Waals surface area contributed by atoms with E-state index in [1.54, 1.807) is 6.07 Å². The van der Waals surface area contributed by atoms with Gasteiger partial charge in [-0.05, 0) is 6.07 Å². The van der Waals surface area contributed by atoms with Gasteiger partial charge in [-0.2, -0.15) is 5.26 Å². The minimum absolute atomic E-state index is 0.117. The molecule has 6 heteroatoms. The van der Waals surface area contributed by atoms with Gasteiger partial charge in [-0.3, -0.25) is 0 Å². The highest BCUT2D eigenvalue weighted by Crippen LogP contribution is 2.26. The van der Waals surface area contributed by atoms with E-state index in [9.17, 15) is 8.78 Å². The second-order valence-electron chi connectivity index (χ2n) is 2.50. The second-order valence-corrected chi connectivity index (χ2v) is 3.06. The van der Waals surface area contributed by atoms with Gasteiger partial charge in [-0.15, -0.1) is 0 Å². The number of nitrogen functional groups attached to an aromatic ring is 1. The molecule has 0 fully saturated rings. The quantitative estimate of drug-likeness (QED) is 0.832. The summed E-state index contributed by atoms with van der Waals surface area (Å²) in [6.07, 6.45) is -2.71. The lowest BCUT2D eigenvalue weighted by Gasteiger charge is -2.06. The van der Waals surface area contributed by atoms with Crippen LogP contribution in [0.2, 0.25) is 0 Å². The Morgan fingerprint density at radius 3 is 2.71 bits per heavy atom. The molecule has 0 radical (unpaired) electrons. The molecule has 74 valence electrons. The van der Waals surface area contributed by atoms with Gasteiger partial charge in [0, 0.05) is 5.33 Å². The normalized spacial score (nSPS) is 10.2. The van der Waals surface area contributed by atoms with Crippen molar-refractivity contribution < 1.29 is 8.78 Å². The molecule has 2 N–H and O–H groups in total. The molecule has 0 saturated carbocycles. The van der Waals surface area contributed by atoms with Crippen LogP contribution < -0.4 is 5.73 Å². The minimum Gasteiger partial charge on any atom is -0.383 e. The van der Waals surface area contributed by atoms with Crippen LogP contribution in [0.4, 0.5) is 14.6 Å². The van der Waals surface area contributed by atoms with Gasteiger partial charge in [0.15, 0.2) is 0 Å². The Morgan fingerprint density at radius 2 is 2.29 bits per heavy atom. The summed E-state index contributed by atoms with van der Waals surface area (Å²) in [6, 6.07) is 2.86. The Morgan fingerprint density at radius 1 is 1.64 bits per heavy atom. The molecule has 14 heavy (non-hydrogen) atoms. The lowest BCUT2D eigenvalue weighted by Crippen LogP contribution is -2.03. The van der Waals surface area contributed by atoms with Gasteiger partial charge in [-0.25, -0.2) is 13.8 Å². The van der Waals surface area contributed by atoms with Crippen molar-refractivity contribution in [3.8, 4) is 6.07 Å². The van der Waals surface area contributed by atoms with Gasteiger partial charge in [0.25, 0.3) is 6.43 Å². The first kappa shape index (κ1) is 10.9. The SMILES string of the molecule is N#Cc1cc(C(F)F)c(N)nc1CBr. The molecular formula is C8H6BrF2N3. The fourth-order valence-electron chi connectivity index (χ4n) is 0.956. The van der Waals surface area contributed by atoms with Crippen LogP contribution >= 0.6 is 15.9 Å². The van der Waals surface area contributed by atoms with Crippen molar-refractivity contribution in [3.05, 3.63) is 22.9 Å². The van der Waals surface area contributed by atoms with Crippen molar-refractivity contribution in [2.75, 3.05) is 5.73 Å². The van der Waals surface area contributed by atoms with E-state index < -0.39 is 12.0 Å². The van der Waals surface area contributed by atoms with Crippen molar-refractivity contribution in [1.82, 2.24) is 4.98 Å². The maximum absolute atomic E-state index is 12.3. The number of nitrogens with two attached hydrogens (primary N) is 1. The van der Waals surface area contributed by atoms with Crippen LogP contribution in [-0.2, 0) is 5.33 Å². The van der Waals surface area contributed by atoms with Crippen molar-refractivity contribution in [2.45, 2.75) is 11.8 Å². The average Bonchev–Trinajstić information content (AvgIpc) is 2.16. The lowest BCUT2D eigenvalue weighted by molar-refractivity contribution is 0.152. The monoisotopic (exact) mass is 261 g/mol. The number of nitriles is 1. The summed E-state index contributed by atoms with van der Waals surface area (Å²) in [4.78, 5) is 3.71. The molecule has 0 aromatic carbocycles. The summed E-state index contributed by atoms with van der Waals surface area (Å²) in [5.41, 5.74) is 5.39. The molecule has 0 saturated heterocycles. The number of halogens is 3. The fourth-order valence-corrected chi connectivity index (χ4v) is 1.38. The molecular weight excluding hydrogens is 256 g/mol. The van der Waals surface area contributed by atoms with E-state index in [0.29, 0.717) is 11.0 Å². The van der Waals surface area contributed by atoms with E-state index in [4.69, 9.17) is 11.0 Å². The van der Waals surface area contributed by atoms with Gasteiger partial charge < -0.3 is 5.73 Å². The maximum atomic E-state index is 12.3. The van der Waals surface area contributed by atoms with Crippen molar-refractivity contribution >= 4 is 21.7 Å². The predicted molar refractivity (Wildman–Crippen MR) is 51.0 cm³/mol. The number of hydrogen-bond acceptors (Lipinski definition) is 3. The highest BCUT2D eigenvalue weighted by atomic mass is 79.9. The number of nitrogens with zero attached hydrogens (tertiary/aromatic N) is 2. The number of alkyl halides is 3. The summed E-state index contributed by atoms with van der Waals surface area (Å²) in [5, 5.41) is 8.96. The standard InChI is InChI=1S/C8H6BrF2N3/c9-2-6-4(3-12)1-5(7(10)11)8(13)14-6/h1,7H,2H2,(H2,13,14). The Labute approximate surface area is 87.7 Å². The van der Waals surface area contributed by atoms with Crippen LogP contribution in [0.3, 0.4) is 0 Å². The van der Waals surface area contributed by atoms with Crippen LogP contribution in [0, 0.1) is 11.3 Å². The van der Waals surface area contributed by atoms with Gasteiger partial charge in [0.05, 0.1) is 16.8 Å². The molecule has 1 aromatic heterocycles. The molecule has 0 aliphatic heterocycles. The summed E-state index contributed by atoms with van der Waals surface area (Å²) in [6.45, 7) is 0. The first-order valence-corrected chi connectivity index (χ1v) is 4.75. The Bertz CT molecular complexity index is 387. The molecule has 0 amide bonds. The third-order valence-electron chi connectivity index (χ3n) is 1.64. The van der Waals surface area contributed by atoms with E-state index in [-0.39, 0.29) is 11.4 Å². The number of aromatic nitrogens is 1. The van der Waals surface area contributed by atoms with Gasteiger partial charge in [-0.1, -0.05) is 15.9 Å². The molecule has 0 unspecified atom stereocenters. The summed E-state index contributed by atoms with van der Waals surface area (Å²) in [7, 11) is 0. The van der Waals surface area contributed by atoms with Crippen molar-refractivity contribution in [2.24, 2.45) is 0 Å². The zero-order chi connectivity index (χ0) is 10.7. The van der Waals surface area contributed by atoms with E-state index in [1.807, 2.05) is 0 Å². The smallest absolute Gasteiger partial charge is 0.267 e. The predicted octanol–water partition coefficient (Wildman–Crippen LogP) is 2.37. The average molecular weight is 262 g/mol. The molecule has 0 aliphatic rings. The van der Waals surface area contributed by atoms with Gasteiger partial charge in [0.1, 0.15) is 11.9 Å². The molecule has 1 aromatic rings. The summed E-state index contributed by atoms with van der Waals surface area (Å²) >= 11 is 3.09. The van der Waals surface area contributed by atoms with Gasteiger partial charge >= 0.3 is 0 Å². The van der Waals surface area contributed by atoms with E-state index in [0.717, 1.165) is 6.07 Å². The van der Waals surface area contributed by atoms with Crippen molar-refractivity contribution in [1.29, 1.82) is 5.26 Å². The fraction of sp³-hybridized carbons (Fsp3) is 0.250. The first-order valence-electron chi connectivity index (χ1n) is 3.63. The molecule has 1 rings (SSSR count). The Balaban J connectivity index is 3.32. The van der Waals surface area contributed by atoms with Crippen molar-refractivity contribution in [3.63, 3.8) is 0 Å². The highest BCUT2D eigenvalue weighted by molar-refractivity contribution is 9.08. The number of rotatable bonds is 2. The molecule has 3 nitrogen and oxygen atoms in total. The largest absolute Gasteiger partial charge is 0.383 e. The van der Waals surface area contributed by atoms with E-state index in [2.05, 4.69) is 20.9 Å². The Kier molecular flexibility index (Phi) is 3.36. The second kappa shape index (κ2) is 4.33. The number of hydrogen-bond donors (Lipinski definition) is 1. The number of anilines is 1. The zero-order valence-corrected chi connectivity index (χ0v) is 8.55. The van der Waals surface area contributed by atoms with Crippen LogP contribution in [0.15, 0.2) is 6.07 Å². The topological polar surface area (TPSA) is 62.7 Å². The minimum atomic E-state index is -2.71. The van der Waals surface area contributed by atoms with Crippen LogP contribution in [0.5, 0.6) is 0 Å². The zero-order valence-electron chi connectivity index (χ0n) is 6.97. The Hall–Kier alpha value is -1.22.